The summed E-state index contributed by atoms with van der Waals surface area (Å²) in [5, 5.41) is 9.95. The molecule has 0 radical (unpaired) electrons. The normalized spacial score (nSPS) is 12.0. The van der Waals surface area contributed by atoms with E-state index in [9.17, 15) is 14.3 Å². The molecule has 110 valence electrons. The van der Waals surface area contributed by atoms with E-state index in [1.807, 2.05) is 0 Å². The molecule has 0 amide bonds. The minimum absolute atomic E-state index is 0.0731. The van der Waals surface area contributed by atoms with Crippen molar-refractivity contribution in [1.29, 1.82) is 0 Å². The zero-order chi connectivity index (χ0) is 15.2. The summed E-state index contributed by atoms with van der Waals surface area (Å²) < 4.78 is 23.3. The number of benzene rings is 2. The maximum atomic E-state index is 13.4. The van der Waals surface area contributed by atoms with Crippen molar-refractivity contribution in [3.05, 3.63) is 71.0 Å². The summed E-state index contributed by atoms with van der Waals surface area (Å²) in [4.78, 5) is 11.4. The molecular weight excluding hydrogens is 275 g/mol. The van der Waals surface area contributed by atoms with E-state index in [-0.39, 0.29) is 6.61 Å². The number of hydrogen-bond donors (Lipinski definition) is 1. The van der Waals surface area contributed by atoms with E-state index in [1.54, 1.807) is 36.4 Å². The maximum Gasteiger partial charge on any atom is 0.337 e. The first-order valence-corrected chi connectivity index (χ1v) is 6.33. The summed E-state index contributed by atoms with van der Waals surface area (Å²) in [6.45, 7) is -0.0731. The third-order valence-electron chi connectivity index (χ3n) is 2.95. The van der Waals surface area contributed by atoms with Gasteiger partial charge in [0, 0.05) is 11.1 Å². The number of carbonyl (C=O) groups is 1. The maximum absolute atomic E-state index is 13.4. The van der Waals surface area contributed by atoms with E-state index >= 15 is 0 Å². The van der Waals surface area contributed by atoms with Gasteiger partial charge in [-0.3, -0.25) is 0 Å². The third-order valence-corrected chi connectivity index (χ3v) is 2.95. The second kappa shape index (κ2) is 6.97. The first-order chi connectivity index (χ1) is 10.1. The number of esters is 1. The molecule has 0 aliphatic carbocycles. The van der Waals surface area contributed by atoms with Crippen LogP contribution in [0.4, 0.5) is 4.39 Å². The van der Waals surface area contributed by atoms with Crippen LogP contribution in [0.1, 0.15) is 27.8 Å². The zero-order valence-electron chi connectivity index (χ0n) is 11.5. The molecule has 4 nitrogen and oxygen atoms in total. The fourth-order valence-corrected chi connectivity index (χ4v) is 1.82. The molecule has 0 heterocycles. The number of rotatable bonds is 5. The van der Waals surface area contributed by atoms with Gasteiger partial charge in [0.25, 0.3) is 0 Å². The van der Waals surface area contributed by atoms with Crippen LogP contribution in [0.15, 0.2) is 48.5 Å². The van der Waals surface area contributed by atoms with Crippen LogP contribution in [0.2, 0.25) is 0 Å². The van der Waals surface area contributed by atoms with Crippen LogP contribution in [0.3, 0.4) is 0 Å². The van der Waals surface area contributed by atoms with E-state index in [4.69, 9.17) is 4.74 Å². The molecule has 0 aromatic heterocycles. The minimum atomic E-state index is -1.26. The number of aliphatic hydroxyl groups excluding tert-OH is 1. The molecule has 5 heteroatoms. The van der Waals surface area contributed by atoms with Crippen LogP contribution in [-0.2, 0) is 16.1 Å². The van der Waals surface area contributed by atoms with Crippen molar-refractivity contribution in [3.8, 4) is 0 Å². The molecule has 2 aromatic carbocycles. The van der Waals surface area contributed by atoms with Gasteiger partial charge in [0.1, 0.15) is 5.82 Å². The lowest BCUT2D eigenvalue weighted by atomic mass is 10.1. The molecule has 0 aliphatic rings. The van der Waals surface area contributed by atoms with Gasteiger partial charge >= 0.3 is 5.97 Å². The lowest BCUT2D eigenvalue weighted by Gasteiger charge is -2.13. The number of halogens is 1. The molecule has 0 spiro atoms. The second-order valence-electron chi connectivity index (χ2n) is 4.37. The minimum Gasteiger partial charge on any atom is -0.465 e. The number of hydrogen-bond acceptors (Lipinski definition) is 4. The molecule has 2 aromatic rings. The summed E-state index contributed by atoms with van der Waals surface area (Å²) in [5.41, 5.74) is 1.05. The van der Waals surface area contributed by atoms with Crippen molar-refractivity contribution < 1.29 is 23.8 Å². The molecule has 1 atom stereocenters. The van der Waals surface area contributed by atoms with Crippen LogP contribution in [0.25, 0.3) is 0 Å². The molecule has 0 fully saturated rings. The van der Waals surface area contributed by atoms with Gasteiger partial charge in [-0.2, -0.15) is 0 Å². The Kier molecular flexibility index (Phi) is 5.03. The SMILES string of the molecule is COC(=O)c1cccc(C(O)OCc2ccccc2F)c1. The highest BCUT2D eigenvalue weighted by atomic mass is 19.1. The first kappa shape index (κ1) is 15.2. The van der Waals surface area contributed by atoms with Crippen molar-refractivity contribution in [2.75, 3.05) is 7.11 Å². The van der Waals surface area contributed by atoms with Gasteiger partial charge in [-0.05, 0) is 18.2 Å². The monoisotopic (exact) mass is 290 g/mol. The summed E-state index contributed by atoms with van der Waals surface area (Å²) >= 11 is 0. The molecule has 0 saturated carbocycles. The topological polar surface area (TPSA) is 55.8 Å². The summed E-state index contributed by atoms with van der Waals surface area (Å²) in [5.74, 6) is -0.897. The average molecular weight is 290 g/mol. The van der Waals surface area contributed by atoms with Gasteiger partial charge in [0.15, 0.2) is 6.29 Å². The molecule has 0 bridgehead atoms. The number of methoxy groups -OCH3 is 1. The summed E-state index contributed by atoms with van der Waals surface area (Å²) in [6, 6.07) is 12.4. The van der Waals surface area contributed by atoms with Gasteiger partial charge in [-0.25, -0.2) is 9.18 Å². The van der Waals surface area contributed by atoms with Crippen LogP contribution in [-0.4, -0.2) is 18.2 Å². The first-order valence-electron chi connectivity index (χ1n) is 6.33. The van der Waals surface area contributed by atoms with Crippen molar-refractivity contribution in [2.24, 2.45) is 0 Å². The quantitative estimate of drug-likeness (QED) is 0.679. The number of aliphatic hydroxyl groups is 1. The van der Waals surface area contributed by atoms with E-state index in [2.05, 4.69) is 4.74 Å². The molecular formula is C16H15FO4. The van der Waals surface area contributed by atoms with Crippen LogP contribution < -0.4 is 0 Å². The van der Waals surface area contributed by atoms with E-state index in [1.165, 1.54) is 19.2 Å². The van der Waals surface area contributed by atoms with Crippen LogP contribution in [0.5, 0.6) is 0 Å². The van der Waals surface area contributed by atoms with Crippen LogP contribution in [0, 0.1) is 5.82 Å². The number of carbonyl (C=O) groups excluding carboxylic acids is 1. The number of ether oxygens (including phenoxy) is 2. The Balaban J connectivity index is 2.05. The standard InChI is InChI=1S/C16H15FO4/c1-20-15(18)11-6-4-7-12(9-11)16(19)21-10-13-5-2-3-8-14(13)17/h2-9,16,19H,10H2,1H3. The fraction of sp³-hybridized carbons (Fsp3) is 0.188. The third kappa shape index (κ3) is 3.87. The van der Waals surface area contributed by atoms with Crippen molar-refractivity contribution in [3.63, 3.8) is 0 Å². The van der Waals surface area contributed by atoms with Gasteiger partial charge in [0.2, 0.25) is 0 Å². The van der Waals surface area contributed by atoms with Gasteiger partial charge < -0.3 is 14.6 Å². The van der Waals surface area contributed by atoms with E-state index in [0.717, 1.165) is 0 Å². The fourth-order valence-electron chi connectivity index (χ4n) is 1.82. The van der Waals surface area contributed by atoms with Gasteiger partial charge in [-0.1, -0.05) is 30.3 Å². The predicted molar refractivity (Wildman–Crippen MR) is 73.9 cm³/mol. The second-order valence-corrected chi connectivity index (χ2v) is 4.37. The largest absolute Gasteiger partial charge is 0.465 e. The summed E-state index contributed by atoms with van der Waals surface area (Å²) in [7, 11) is 1.28. The smallest absolute Gasteiger partial charge is 0.337 e. The molecule has 21 heavy (non-hydrogen) atoms. The lowest BCUT2D eigenvalue weighted by molar-refractivity contribution is -0.112. The Morgan fingerprint density at radius 3 is 2.71 bits per heavy atom. The van der Waals surface area contributed by atoms with E-state index in [0.29, 0.717) is 16.7 Å². The Morgan fingerprint density at radius 1 is 1.24 bits per heavy atom. The van der Waals surface area contributed by atoms with Crippen molar-refractivity contribution >= 4 is 5.97 Å². The highest BCUT2D eigenvalue weighted by Gasteiger charge is 2.12. The Hall–Kier alpha value is -2.24. The zero-order valence-corrected chi connectivity index (χ0v) is 11.5. The molecule has 1 N–H and O–H groups in total. The average Bonchev–Trinajstić information content (AvgIpc) is 2.53. The molecule has 1 unspecified atom stereocenters. The highest BCUT2D eigenvalue weighted by molar-refractivity contribution is 5.89. The highest BCUT2D eigenvalue weighted by Crippen LogP contribution is 2.19. The Morgan fingerprint density at radius 2 is 2.00 bits per heavy atom. The van der Waals surface area contributed by atoms with E-state index < -0.39 is 18.1 Å². The van der Waals surface area contributed by atoms with Crippen LogP contribution >= 0.6 is 0 Å². The lowest BCUT2D eigenvalue weighted by Crippen LogP contribution is -2.07. The van der Waals surface area contributed by atoms with Gasteiger partial charge in [-0.15, -0.1) is 0 Å². The predicted octanol–water partition coefficient (Wildman–Crippen LogP) is 2.82. The molecule has 0 saturated heterocycles. The Bertz CT molecular complexity index is 627. The summed E-state index contributed by atoms with van der Waals surface area (Å²) in [6.07, 6.45) is -1.26. The molecule has 0 aliphatic heterocycles. The van der Waals surface area contributed by atoms with Crippen molar-refractivity contribution in [1.82, 2.24) is 0 Å². The Labute approximate surface area is 121 Å². The van der Waals surface area contributed by atoms with Gasteiger partial charge in [0.05, 0.1) is 19.3 Å². The molecule has 2 rings (SSSR count). The van der Waals surface area contributed by atoms with Crippen molar-refractivity contribution in [2.45, 2.75) is 12.9 Å².